The molecule has 4 aliphatic heterocycles. The molecule has 6 atom stereocenters. The summed E-state index contributed by atoms with van der Waals surface area (Å²) >= 11 is 0. The molecule has 1 aliphatic carbocycles. The van der Waals surface area contributed by atoms with E-state index in [1.807, 2.05) is 4.90 Å². The van der Waals surface area contributed by atoms with E-state index >= 15 is 0 Å². The summed E-state index contributed by atoms with van der Waals surface area (Å²) in [5.41, 5.74) is 0.702. The van der Waals surface area contributed by atoms with Crippen molar-refractivity contribution in [1.82, 2.24) is 9.80 Å². The molecule has 0 bridgehead atoms. The number of likely N-dealkylation sites (tertiary alicyclic amines) is 2. The lowest BCUT2D eigenvalue weighted by Gasteiger charge is -2.45. The van der Waals surface area contributed by atoms with E-state index in [4.69, 9.17) is 18.9 Å². The zero-order chi connectivity index (χ0) is 25.7. The van der Waals surface area contributed by atoms with Crippen LogP contribution < -0.4 is 0 Å². The fourth-order valence-electron chi connectivity index (χ4n) is 6.85. The van der Waals surface area contributed by atoms with E-state index in [1.54, 1.807) is 12.0 Å². The van der Waals surface area contributed by atoms with Gasteiger partial charge in [-0.2, -0.15) is 0 Å². The zero-order valence-corrected chi connectivity index (χ0v) is 22.1. The Morgan fingerprint density at radius 3 is 2.42 bits per heavy atom. The van der Waals surface area contributed by atoms with Gasteiger partial charge in [-0.15, -0.1) is 0 Å². The molecule has 0 aromatic rings. The lowest BCUT2D eigenvalue weighted by Crippen LogP contribution is -2.57. The summed E-state index contributed by atoms with van der Waals surface area (Å²) in [6, 6.07) is 0. The van der Waals surface area contributed by atoms with Crippen LogP contribution in [0.25, 0.3) is 0 Å². The number of hydrogen-bond acceptors (Lipinski definition) is 6. The number of halogens is 2. The number of rotatable bonds is 10. The maximum absolute atomic E-state index is 12.9. The predicted octanol–water partition coefficient (Wildman–Crippen LogP) is 4.11. The molecule has 5 aliphatic rings. The average Bonchev–Trinajstić information content (AvgIpc) is 3.67. The van der Waals surface area contributed by atoms with Gasteiger partial charge in [-0.05, 0) is 64.7 Å². The van der Waals surface area contributed by atoms with E-state index in [-0.39, 0.29) is 48.1 Å². The molecule has 7 nitrogen and oxygen atoms in total. The number of nitrogens with zero attached hydrogens (tertiary/aromatic N) is 2. The minimum Gasteiger partial charge on any atom is -0.443 e. The fourth-order valence-corrected chi connectivity index (χ4v) is 6.85. The molecule has 9 heteroatoms. The zero-order valence-electron chi connectivity index (χ0n) is 22.1. The number of alkyl halides is 2. The first kappa shape index (κ1) is 26.3. The Kier molecular flexibility index (Phi) is 7.40. The van der Waals surface area contributed by atoms with E-state index in [0.717, 1.165) is 45.2 Å². The van der Waals surface area contributed by atoms with Gasteiger partial charge in [-0.1, -0.05) is 11.6 Å². The summed E-state index contributed by atoms with van der Waals surface area (Å²) < 4.78 is 49.1. The SMILES string of the molecule is CO[C@H]1C([C@@]2(C)O[C@@H]2CC=C(C)C)[C@]2(CC[C@H]1OC(=O)N1CC(CCC3CN(CC(F)F)C3)C1)CO2. The van der Waals surface area contributed by atoms with Crippen LogP contribution in [0.1, 0.15) is 52.9 Å². The number of epoxide rings is 2. The second-order valence-electron chi connectivity index (χ2n) is 12.1. The number of methoxy groups -OCH3 is 1. The number of hydrogen-bond donors (Lipinski definition) is 0. The first-order valence-corrected chi connectivity index (χ1v) is 13.6. The van der Waals surface area contributed by atoms with Crippen molar-refractivity contribution < 1.29 is 32.5 Å². The Morgan fingerprint density at radius 1 is 1.17 bits per heavy atom. The van der Waals surface area contributed by atoms with Gasteiger partial charge in [0.05, 0.1) is 25.2 Å². The third-order valence-corrected chi connectivity index (χ3v) is 9.12. The Morgan fingerprint density at radius 2 is 1.83 bits per heavy atom. The minimum absolute atomic E-state index is 0.0216. The largest absolute Gasteiger partial charge is 0.443 e. The molecule has 0 N–H and O–H groups in total. The summed E-state index contributed by atoms with van der Waals surface area (Å²) in [4.78, 5) is 16.5. The number of allylic oxidation sites excluding steroid dienone is 1. The monoisotopic (exact) mass is 512 g/mol. The van der Waals surface area contributed by atoms with E-state index in [0.29, 0.717) is 31.5 Å². The van der Waals surface area contributed by atoms with Crippen molar-refractivity contribution in [3.8, 4) is 0 Å². The molecular weight excluding hydrogens is 470 g/mol. The van der Waals surface area contributed by atoms with Crippen LogP contribution in [0.15, 0.2) is 11.6 Å². The van der Waals surface area contributed by atoms with Crippen molar-refractivity contribution in [3.63, 3.8) is 0 Å². The molecule has 0 radical (unpaired) electrons. The summed E-state index contributed by atoms with van der Waals surface area (Å²) in [7, 11) is 1.69. The molecule has 0 aromatic heterocycles. The molecule has 4 heterocycles. The van der Waals surface area contributed by atoms with Crippen LogP contribution in [0.3, 0.4) is 0 Å². The van der Waals surface area contributed by atoms with E-state index in [1.165, 1.54) is 5.57 Å². The van der Waals surface area contributed by atoms with Gasteiger partial charge in [0.25, 0.3) is 6.43 Å². The molecule has 0 aromatic carbocycles. The lowest BCUT2D eigenvalue weighted by atomic mass is 9.68. The third kappa shape index (κ3) is 5.31. The second-order valence-corrected chi connectivity index (χ2v) is 12.1. The van der Waals surface area contributed by atoms with Gasteiger partial charge < -0.3 is 23.8 Å². The maximum Gasteiger partial charge on any atom is 0.410 e. The molecule has 5 fully saturated rings. The first-order chi connectivity index (χ1) is 17.1. The summed E-state index contributed by atoms with van der Waals surface area (Å²) in [6.07, 6.45) is 3.75. The summed E-state index contributed by atoms with van der Waals surface area (Å²) in [6.45, 7) is 9.89. The van der Waals surface area contributed by atoms with Crippen molar-refractivity contribution >= 4 is 6.09 Å². The highest BCUT2D eigenvalue weighted by molar-refractivity contribution is 5.69. The molecule has 204 valence electrons. The third-order valence-electron chi connectivity index (χ3n) is 9.12. The standard InChI is InChI=1S/C27H42F2N2O5/c1-17(2)5-8-21-26(3,36-21)24-23(33-4)20(9-10-27(24)16-34-27)35-25(32)31-13-19(14-31)7-6-18-11-30(12-18)15-22(28)29/h5,18-24H,6-16H2,1-4H3/t20-,21-,23-,24?,26+,27+/m1/s1. The van der Waals surface area contributed by atoms with E-state index < -0.39 is 6.43 Å². The second kappa shape index (κ2) is 10.1. The molecule has 4 saturated heterocycles. The smallest absolute Gasteiger partial charge is 0.410 e. The maximum atomic E-state index is 12.9. The quantitative estimate of drug-likeness (QED) is 0.324. The van der Waals surface area contributed by atoms with Crippen LogP contribution in [0.4, 0.5) is 13.6 Å². The molecular formula is C27H42F2N2O5. The van der Waals surface area contributed by atoms with Crippen molar-refractivity contribution in [2.24, 2.45) is 17.8 Å². The van der Waals surface area contributed by atoms with Gasteiger partial charge >= 0.3 is 6.09 Å². The van der Waals surface area contributed by atoms with Gasteiger partial charge in [0.15, 0.2) is 0 Å². The Hall–Kier alpha value is -1.29. The van der Waals surface area contributed by atoms with Crippen LogP contribution in [-0.2, 0) is 18.9 Å². The summed E-state index contributed by atoms with van der Waals surface area (Å²) in [5.74, 6) is 1.00. The highest BCUT2D eigenvalue weighted by Gasteiger charge is 2.72. The normalized spacial score (nSPS) is 38.6. The Balaban J connectivity index is 1.09. The number of amides is 1. The molecule has 1 saturated carbocycles. The van der Waals surface area contributed by atoms with Crippen molar-refractivity contribution in [2.75, 3.05) is 46.4 Å². The van der Waals surface area contributed by atoms with Gasteiger partial charge in [0.1, 0.15) is 23.4 Å². The molecule has 36 heavy (non-hydrogen) atoms. The molecule has 1 amide bonds. The predicted molar refractivity (Wildman–Crippen MR) is 130 cm³/mol. The Labute approximate surface area is 213 Å². The Bertz CT molecular complexity index is 836. The van der Waals surface area contributed by atoms with Gasteiger partial charge in [-0.3, -0.25) is 4.90 Å². The van der Waals surface area contributed by atoms with E-state index in [9.17, 15) is 13.6 Å². The molecule has 5 rings (SSSR count). The van der Waals surface area contributed by atoms with Crippen LogP contribution in [0.5, 0.6) is 0 Å². The number of carbonyl (C=O) groups excluding carboxylic acids is 1. The van der Waals surface area contributed by atoms with Crippen LogP contribution >= 0.6 is 0 Å². The van der Waals surface area contributed by atoms with Crippen LogP contribution in [0, 0.1) is 17.8 Å². The minimum atomic E-state index is -2.25. The van der Waals surface area contributed by atoms with Crippen molar-refractivity contribution in [2.45, 2.75) is 88.8 Å². The topological polar surface area (TPSA) is 67.1 Å². The number of carbonyl (C=O) groups is 1. The average molecular weight is 513 g/mol. The molecule has 1 unspecified atom stereocenters. The fraction of sp³-hybridized carbons (Fsp3) is 0.889. The highest BCUT2D eigenvalue weighted by atomic mass is 19.3. The lowest BCUT2D eigenvalue weighted by molar-refractivity contribution is -0.124. The van der Waals surface area contributed by atoms with Crippen molar-refractivity contribution in [3.05, 3.63) is 11.6 Å². The van der Waals surface area contributed by atoms with Crippen molar-refractivity contribution in [1.29, 1.82) is 0 Å². The first-order valence-electron chi connectivity index (χ1n) is 13.6. The van der Waals surface area contributed by atoms with Gasteiger partial charge in [-0.25, -0.2) is 13.6 Å². The van der Waals surface area contributed by atoms with Crippen LogP contribution in [0.2, 0.25) is 0 Å². The van der Waals surface area contributed by atoms with Gasteiger partial charge in [0, 0.05) is 33.3 Å². The van der Waals surface area contributed by atoms with Crippen LogP contribution in [-0.4, -0.2) is 98.3 Å². The summed E-state index contributed by atoms with van der Waals surface area (Å²) in [5, 5.41) is 0. The highest BCUT2D eigenvalue weighted by Crippen LogP contribution is 2.59. The van der Waals surface area contributed by atoms with Gasteiger partial charge in [0.2, 0.25) is 0 Å². The number of ether oxygens (including phenoxy) is 4. The molecule has 1 spiro atoms. The van der Waals surface area contributed by atoms with E-state index in [2.05, 4.69) is 26.8 Å².